The van der Waals surface area contributed by atoms with Gasteiger partial charge in [-0.25, -0.2) is 14.4 Å². The van der Waals surface area contributed by atoms with Gasteiger partial charge in [0.25, 0.3) is 5.78 Å². The van der Waals surface area contributed by atoms with Gasteiger partial charge in [-0.1, -0.05) is 106 Å². The van der Waals surface area contributed by atoms with Gasteiger partial charge in [0, 0.05) is 56.6 Å². The molecular formula is C60H101N7O10. The van der Waals surface area contributed by atoms with Gasteiger partial charge in [-0.2, -0.15) is 0 Å². The molecule has 436 valence electrons. The fourth-order valence-electron chi connectivity index (χ4n) is 8.65. The van der Waals surface area contributed by atoms with Gasteiger partial charge in [-0.05, 0) is 146 Å². The molecular weight excluding hydrogens is 979 g/mol. The average Bonchev–Trinajstić information content (AvgIpc) is 3.74. The number of rotatable bonds is 31. The van der Waals surface area contributed by atoms with E-state index < -0.39 is 47.0 Å². The highest BCUT2D eigenvalue weighted by atomic mass is 16.6. The molecule has 0 aromatic heterocycles. The quantitative estimate of drug-likeness (QED) is 0.0211. The summed E-state index contributed by atoms with van der Waals surface area (Å²) in [5.41, 5.74) is 0.922. The van der Waals surface area contributed by atoms with Crippen LogP contribution in [0.2, 0.25) is 0 Å². The third-order valence-electron chi connectivity index (χ3n) is 13.2. The van der Waals surface area contributed by atoms with Crippen molar-refractivity contribution in [2.24, 2.45) is 16.2 Å². The van der Waals surface area contributed by atoms with E-state index in [1.807, 2.05) is 30.3 Å². The van der Waals surface area contributed by atoms with Crippen LogP contribution in [0.1, 0.15) is 218 Å². The third-order valence-corrected chi connectivity index (χ3v) is 13.2. The molecule has 0 saturated carbocycles. The molecule has 2 rings (SSSR count). The number of nitrogens with one attached hydrogen (secondary N) is 7. The second-order valence-electron chi connectivity index (χ2n) is 26.2. The van der Waals surface area contributed by atoms with E-state index in [-0.39, 0.29) is 84.3 Å². The average molecular weight is 1080 g/mol. The van der Waals surface area contributed by atoms with Crippen LogP contribution >= 0.6 is 0 Å². The molecule has 17 nitrogen and oxygen atoms in total. The van der Waals surface area contributed by atoms with E-state index in [0.29, 0.717) is 63.6 Å². The Balaban J connectivity index is 1.94. The van der Waals surface area contributed by atoms with Gasteiger partial charge in [-0.15, -0.1) is 0 Å². The minimum absolute atomic E-state index is 0.000414. The van der Waals surface area contributed by atoms with Crippen LogP contribution in [0.4, 0.5) is 9.59 Å². The van der Waals surface area contributed by atoms with Gasteiger partial charge in [0.15, 0.2) is 0 Å². The first-order valence-electron chi connectivity index (χ1n) is 28.4. The first-order valence-corrected chi connectivity index (χ1v) is 28.4. The van der Waals surface area contributed by atoms with Crippen LogP contribution in [-0.2, 0) is 44.7 Å². The van der Waals surface area contributed by atoms with Crippen molar-refractivity contribution >= 4 is 53.6 Å². The molecule has 0 heterocycles. The van der Waals surface area contributed by atoms with Crippen molar-refractivity contribution in [1.29, 1.82) is 0 Å². The lowest BCUT2D eigenvalue weighted by Gasteiger charge is -2.36. The molecule has 17 heteroatoms. The summed E-state index contributed by atoms with van der Waals surface area (Å²) < 4.78 is 10.7. The number of benzene rings is 1. The number of ether oxygens (including phenoxy) is 2. The molecule has 0 fully saturated rings. The van der Waals surface area contributed by atoms with Crippen LogP contribution in [0.25, 0.3) is 6.08 Å². The van der Waals surface area contributed by atoms with Crippen LogP contribution in [-0.4, -0.2) is 103 Å². The number of unbranched alkanes of at least 4 members (excludes halogenated alkanes) is 6. The predicted molar refractivity (Wildman–Crippen MR) is 305 cm³/mol. The molecule has 1 aliphatic carbocycles. The molecule has 1 aromatic rings. The lowest BCUT2D eigenvalue weighted by molar-refractivity contribution is -0.163. The van der Waals surface area contributed by atoms with Crippen molar-refractivity contribution in [3.63, 3.8) is 0 Å². The van der Waals surface area contributed by atoms with Crippen molar-refractivity contribution in [3.05, 3.63) is 41.0 Å². The van der Waals surface area contributed by atoms with E-state index in [4.69, 9.17) is 9.47 Å². The lowest BCUT2D eigenvalue weighted by Crippen LogP contribution is -2.53. The SMILES string of the molecule is CC(C)(C)CC[C@H](NC(=O)N[C@@H](CCC(=O)NCCCCCCCC(=O)N[C@@H](CCCCNC(=O)OC(C)(C)C)C(=O)N[C@@H](CCCCNC(=O)C1=Cc2ccccc2C1)C(=O)C(=O)OC(C)(C)C)C(C)(C)C)C(C)(C)C. The Morgan fingerprint density at radius 3 is 1.64 bits per heavy atom. The van der Waals surface area contributed by atoms with Crippen LogP contribution in [0.3, 0.4) is 0 Å². The molecule has 7 amide bonds. The minimum Gasteiger partial charge on any atom is -0.454 e. The van der Waals surface area contributed by atoms with Crippen LogP contribution in [0.5, 0.6) is 0 Å². The number of carbonyl (C=O) groups is 8. The lowest BCUT2D eigenvalue weighted by atomic mass is 9.79. The molecule has 0 aliphatic heterocycles. The minimum atomic E-state index is -1.25. The fourth-order valence-corrected chi connectivity index (χ4v) is 8.65. The van der Waals surface area contributed by atoms with E-state index in [1.165, 1.54) is 0 Å². The first-order chi connectivity index (χ1) is 35.6. The Kier molecular flexibility index (Phi) is 27.9. The number of urea groups is 1. The Morgan fingerprint density at radius 2 is 1.05 bits per heavy atom. The Bertz CT molecular complexity index is 2120. The summed E-state index contributed by atoms with van der Waals surface area (Å²) in [4.78, 5) is 105. The molecule has 0 unspecified atom stereocenters. The third kappa shape index (κ3) is 29.7. The summed E-state index contributed by atoms with van der Waals surface area (Å²) in [6, 6.07) is 5.11. The van der Waals surface area contributed by atoms with Gasteiger partial charge < -0.3 is 46.7 Å². The van der Waals surface area contributed by atoms with Crippen molar-refractivity contribution in [2.75, 3.05) is 19.6 Å². The second kappa shape index (κ2) is 31.8. The molecule has 0 bridgehead atoms. The number of ketones is 1. The molecule has 1 aliphatic rings. The van der Waals surface area contributed by atoms with Gasteiger partial charge in [0.1, 0.15) is 17.2 Å². The summed E-state index contributed by atoms with van der Waals surface area (Å²) in [5, 5.41) is 20.6. The van der Waals surface area contributed by atoms with E-state index in [2.05, 4.69) is 99.5 Å². The summed E-state index contributed by atoms with van der Waals surface area (Å²) in [7, 11) is 0. The summed E-state index contributed by atoms with van der Waals surface area (Å²) in [5.74, 6) is -3.23. The normalized spacial score (nSPS) is 14.4. The van der Waals surface area contributed by atoms with E-state index in [0.717, 1.165) is 49.7 Å². The van der Waals surface area contributed by atoms with Crippen LogP contribution < -0.4 is 37.2 Å². The first kappa shape index (κ1) is 67.6. The highest BCUT2D eigenvalue weighted by Gasteiger charge is 2.34. The Hall–Kier alpha value is -5.48. The maximum atomic E-state index is 14.0. The largest absolute Gasteiger partial charge is 0.454 e. The smallest absolute Gasteiger partial charge is 0.407 e. The zero-order chi connectivity index (χ0) is 58.2. The van der Waals surface area contributed by atoms with Gasteiger partial charge in [0.2, 0.25) is 23.6 Å². The number of esters is 1. The number of hydrogen-bond acceptors (Lipinski definition) is 10. The van der Waals surface area contributed by atoms with Crippen molar-refractivity contribution in [2.45, 2.75) is 248 Å². The molecule has 0 saturated heterocycles. The molecule has 7 N–H and O–H groups in total. The summed E-state index contributed by atoms with van der Waals surface area (Å²) >= 11 is 0. The Morgan fingerprint density at radius 1 is 0.519 bits per heavy atom. The topological polar surface area (TPSA) is 239 Å². The number of amides is 7. The maximum Gasteiger partial charge on any atom is 0.407 e. The van der Waals surface area contributed by atoms with Crippen molar-refractivity contribution in [1.82, 2.24) is 37.2 Å². The maximum absolute atomic E-state index is 14.0. The van der Waals surface area contributed by atoms with Crippen LogP contribution in [0, 0.1) is 16.2 Å². The molecule has 77 heavy (non-hydrogen) atoms. The Labute approximate surface area is 462 Å². The highest BCUT2D eigenvalue weighted by molar-refractivity contribution is 6.36. The molecule has 0 radical (unpaired) electrons. The number of hydrogen-bond donors (Lipinski definition) is 7. The van der Waals surface area contributed by atoms with Crippen molar-refractivity contribution in [3.8, 4) is 0 Å². The molecule has 1 aromatic carbocycles. The standard InChI is InChI=1S/C60H101N7O10/c1-56(2,3)35-34-47(58(7,8)9)67-54(74)66-46(57(4,5)6)32-33-48(68)61-36-24-18-16-17-19-31-49(69)64-45(30-23-26-38-63-55(75)77-60(13,14)15)52(72)65-44(50(70)53(73)76-59(10,11)12)29-22-25-37-62-51(71)43-39-41-27-20-21-28-42(41)40-43/h20-21,27-28,39,44-47H,16-19,22-26,29-38,40H2,1-15H3,(H,61,68)(H,62,71)(H,63,75)(H,64,69)(H,65,72)(H2,66,67,74)/t44-,45-,46-,47-/m0/s1. The number of Topliss-reactive ketones (excluding diaryl/α,β-unsaturated/α-hetero) is 1. The summed E-state index contributed by atoms with van der Waals surface area (Å²) in [6.07, 6.45) is 10.4. The number of alkyl carbamates (subject to hydrolysis) is 1. The molecule has 0 spiro atoms. The summed E-state index contributed by atoms with van der Waals surface area (Å²) in [6.45, 7) is 30.5. The zero-order valence-corrected chi connectivity index (χ0v) is 49.9. The van der Waals surface area contributed by atoms with Gasteiger partial charge >= 0.3 is 18.1 Å². The van der Waals surface area contributed by atoms with E-state index in [9.17, 15) is 38.4 Å². The second-order valence-corrected chi connectivity index (χ2v) is 26.2. The van der Waals surface area contributed by atoms with Crippen molar-refractivity contribution < 1.29 is 47.8 Å². The number of carbonyl (C=O) groups excluding carboxylic acids is 8. The fraction of sp³-hybridized carbons (Fsp3) is 0.733. The predicted octanol–water partition coefficient (Wildman–Crippen LogP) is 9.68. The zero-order valence-electron chi connectivity index (χ0n) is 49.9. The molecule has 4 atom stereocenters. The van der Waals surface area contributed by atoms with Gasteiger partial charge in [0.05, 0.1) is 6.04 Å². The van der Waals surface area contributed by atoms with Gasteiger partial charge in [-0.3, -0.25) is 24.0 Å². The van der Waals surface area contributed by atoms with E-state index in [1.54, 1.807) is 41.5 Å². The monoisotopic (exact) mass is 1080 g/mol. The number of fused-ring (bicyclic) bond motifs is 1. The van der Waals surface area contributed by atoms with E-state index >= 15 is 0 Å². The highest BCUT2D eigenvalue weighted by Crippen LogP contribution is 2.30. The van der Waals surface area contributed by atoms with Crippen LogP contribution in [0.15, 0.2) is 29.8 Å².